The van der Waals surface area contributed by atoms with E-state index in [0.717, 1.165) is 11.3 Å². The van der Waals surface area contributed by atoms with Gasteiger partial charge in [0.15, 0.2) is 0 Å². The predicted molar refractivity (Wildman–Crippen MR) is 102 cm³/mol. The molecule has 1 aromatic heterocycles. The van der Waals surface area contributed by atoms with Gasteiger partial charge in [-0.25, -0.2) is 4.98 Å². The van der Waals surface area contributed by atoms with Gasteiger partial charge in [0.1, 0.15) is 5.69 Å². The number of amides is 1. The molecular weight excluding hydrogens is 310 g/mol. The quantitative estimate of drug-likeness (QED) is 0.792. The Labute approximate surface area is 150 Å². The van der Waals surface area contributed by atoms with E-state index in [2.05, 4.69) is 21.7 Å². The molecule has 0 atom stereocenters. The van der Waals surface area contributed by atoms with Gasteiger partial charge in [0.2, 0.25) is 0 Å². The highest BCUT2D eigenvalue weighted by atomic mass is 16.1. The van der Waals surface area contributed by atoms with Crippen LogP contribution in [0.3, 0.4) is 0 Å². The van der Waals surface area contributed by atoms with Gasteiger partial charge < -0.3 is 10.6 Å². The zero-order chi connectivity index (χ0) is 17.5. The third-order valence-corrected chi connectivity index (χ3v) is 4.76. The molecule has 1 amide bonds. The number of anilines is 1. The molecule has 0 aliphatic heterocycles. The molecule has 0 spiro atoms. The first kappa shape index (κ1) is 17.5. The molecule has 1 aliphatic rings. The molecule has 25 heavy (non-hydrogen) atoms. The molecule has 1 aliphatic carbocycles. The molecule has 4 nitrogen and oxygen atoms in total. The summed E-state index contributed by atoms with van der Waals surface area (Å²) >= 11 is 0. The molecule has 0 bridgehead atoms. The molecular formula is C21H27N3O. The molecule has 1 aromatic carbocycles. The molecule has 2 N–H and O–H groups in total. The van der Waals surface area contributed by atoms with Gasteiger partial charge in [0.05, 0.1) is 11.9 Å². The van der Waals surface area contributed by atoms with Crippen LogP contribution in [-0.4, -0.2) is 16.9 Å². The van der Waals surface area contributed by atoms with Crippen LogP contribution in [0.15, 0.2) is 42.6 Å². The summed E-state index contributed by atoms with van der Waals surface area (Å²) in [5.41, 5.74) is 3.75. The van der Waals surface area contributed by atoms with Gasteiger partial charge in [0.25, 0.3) is 5.91 Å². The minimum absolute atomic E-state index is 0.137. The van der Waals surface area contributed by atoms with Gasteiger partial charge in [-0.2, -0.15) is 0 Å². The van der Waals surface area contributed by atoms with Crippen LogP contribution in [0.25, 0.3) is 0 Å². The fraction of sp³-hybridized carbons (Fsp3) is 0.429. The normalized spacial score (nSPS) is 15.4. The molecule has 2 aromatic rings. The van der Waals surface area contributed by atoms with Crippen molar-refractivity contribution in [1.29, 1.82) is 0 Å². The standard InChI is InChI=1S/C21H27N3O/c1-16-7-6-8-17(13-16)14-23-21(25)20-12-11-19(15-22-20)24-18-9-4-2-3-5-10-18/h6-8,11-13,15,18,24H,2-5,9-10,14H2,1H3,(H,23,25). The van der Waals surface area contributed by atoms with Gasteiger partial charge in [0, 0.05) is 12.6 Å². The second-order valence-corrected chi connectivity index (χ2v) is 6.94. The number of carbonyl (C=O) groups excluding carboxylic acids is 1. The molecule has 0 radical (unpaired) electrons. The fourth-order valence-electron chi connectivity index (χ4n) is 3.37. The van der Waals surface area contributed by atoms with E-state index in [-0.39, 0.29) is 5.91 Å². The average molecular weight is 337 g/mol. The third kappa shape index (κ3) is 5.31. The zero-order valence-corrected chi connectivity index (χ0v) is 14.9. The van der Waals surface area contributed by atoms with Crippen molar-refractivity contribution in [2.24, 2.45) is 0 Å². The van der Waals surface area contributed by atoms with Crippen LogP contribution >= 0.6 is 0 Å². The molecule has 0 unspecified atom stereocenters. The Balaban J connectivity index is 1.53. The van der Waals surface area contributed by atoms with Gasteiger partial charge >= 0.3 is 0 Å². The lowest BCUT2D eigenvalue weighted by Gasteiger charge is -2.17. The summed E-state index contributed by atoms with van der Waals surface area (Å²) in [5.74, 6) is -0.137. The summed E-state index contributed by atoms with van der Waals surface area (Å²) in [5, 5.41) is 6.49. The Morgan fingerprint density at radius 3 is 2.60 bits per heavy atom. The highest BCUT2D eigenvalue weighted by Gasteiger charge is 2.12. The summed E-state index contributed by atoms with van der Waals surface area (Å²) in [7, 11) is 0. The second kappa shape index (κ2) is 8.65. The van der Waals surface area contributed by atoms with E-state index in [1.807, 2.05) is 31.2 Å². The number of aromatic nitrogens is 1. The Morgan fingerprint density at radius 1 is 1.12 bits per heavy atom. The van der Waals surface area contributed by atoms with Crippen LogP contribution in [0.1, 0.15) is 60.1 Å². The SMILES string of the molecule is Cc1cccc(CNC(=O)c2ccc(NC3CCCCCC3)cn2)c1. The summed E-state index contributed by atoms with van der Waals surface area (Å²) in [4.78, 5) is 16.6. The molecule has 1 heterocycles. The van der Waals surface area contributed by atoms with Crippen molar-refractivity contribution < 1.29 is 4.79 Å². The highest BCUT2D eigenvalue weighted by molar-refractivity contribution is 5.92. The number of nitrogens with one attached hydrogen (secondary N) is 2. The van der Waals surface area contributed by atoms with Crippen LogP contribution in [0.5, 0.6) is 0 Å². The molecule has 0 saturated heterocycles. The number of carbonyl (C=O) groups is 1. The minimum atomic E-state index is -0.137. The van der Waals surface area contributed by atoms with Crippen LogP contribution < -0.4 is 10.6 Å². The van der Waals surface area contributed by atoms with Gasteiger partial charge in [-0.1, -0.05) is 55.5 Å². The average Bonchev–Trinajstić information content (AvgIpc) is 2.89. The largest absolute Gasteiger partial charge is 0.381 e. The van der Waals surface area contributed by atoms with E-state index in [1.165, 1.54) is 44.1 Å². The Kier molecular flexibility index (Phi) is 6.04. The maximum absolute atomic E-state index is 12.3. The Hall–Kier alpha value is -2.36. The number of pyridine rings is 1. The lowest BCUT2D eigenvalue weighted by Crippen LogP contribution is -2.24. The number of nitrogens with zero attached hydrogens (tertiary/aromatic N) is 1. The van der Waals surface area contributed by atoms with Gasteiger partial charge in [-0.05, 0) is 37.5 Å². The Bertz CT molecular complexity index is 689. The maximum Gasteiger partial charge on any atom is 0.270 e. The van der Waals surface area contributed by atoms with Gasteiger partial charge in [-0.15, -0.1) is 0 Å². The first-order chi connectivity index (χ1) is 12.2. The third-order valence-electron chi connectivity index (χ3n) is 4.76. The zero-order valence-electron chi connectivity index (χ0n) is 14.9. The van der Waals surface area contributed by atoms with Crippen molar-refractivity contribution in [3.05, 3.63) is 59.4 Å². The monoisotopic (exact) mass is 337 g/mol. The Morgan fingerprint density at radius 2 is 1.92 bits per heavy atom. The number of aryl methyl sites for hydroxylation is 1. The number of hydrogen-bond acceptors (Lipinski definition) is 3. The second-order valence-electron chi connectivity index (χ2n) is 6.94. The van der Waals surface area contributed by atoms with E-state index in [4.69, 9.17) is 0 Å². The number of rotatable bonds is 5. The van der Waals surface area contributed by atoms with Crippen LogP contribution in [0.4, 0.5) is 5.69 Å². The number of benzene rings is 1. The smallest absolute Gasteiger partial charge is 0.270 e. The fourth-order valence-corrected chi connectivity index (χ4v) is 3.37. The maximum atomic E-state index is 12.3. The van der Waals surface area contributed by atoms with Crippen LogP contribution in [0, 0.1) is 6.92 Å². The van der Waals surface area contributed by atoms with Crippen molar-refractivity contribution >= 4 is 11.6 Å². The van der Waals surface area contributed by atoms with E-state index in [9.17, 15) is 4.79 Å². The van der Waals surface area contributed by atoms with E-state index < -0.39 is 0 Å². The molecule has 1 fully saturated rings. The summed E-state index contributed by atoms with van der Waals surface area (Å²) < 4.78 is 0. The van der Waals surface area contributed by atoms with Crippen molar-refractivity contribution in [2.45, 2.75) is 58.0 Å². The first-order valence-electron chi connectivity index (χ1n) is 9.27. The van der Waals surface area contributed by atoms with Crippen LogP contribution in [-0.2, 0) is 6.54 Å². The molecule has 132 valence electrons. The molecule has 1 saturated carbocycles. The van der Waals surface area contributed by atoms with Crippen LogP contribution in [0.2, 0.25) is 0 Å². The summed E-state index contributed by atoms with van der Waals surface area (Å²) in [6, 6.07) is 12.4. The lowest BCUT2D eigenvalue weighted by atomic mass is 10.1. The molecule has 4 heteroatoms. The van der Waals surface area contributed by atoms with Crippen molar-refractivity contribution in [3.8, 4) is 0 Å². The number of hydrogen-bond donors (Lipinski definition) is 2. The predicted octanol–water partition coefficient (Wildman–Crippen LogP) is 4.45. The topological polar surface area (TPSA) is 54.0 Å². The van der Waals surface area contributed by atoms with Gasteiger partial charge in [-0.3, -0.25) is 4.79 Å². The van der Waals surface area contributed by atoms with E-state index >= 15 is 0 Å². The summed E-state index contributed by atoms with van der Waals surface area (Å²) in [6.45, 7) is 2.57. The highest BCUT2D eigenvalue weighted by Crippen LogP contribution is 2.20. The lowest BCUT2D eigenvalue weighted by molar-refractivity contribution is 0.0946. The van der Waals surface area contributed by atoms with E-state index in [0.29, 0.717) is 18.3 Å². The van der Waals surface area contributed by atoms with Crippen molar-refractivity contribution in [3.63, 3.8) is 0 Å². The summed E-state index contributed by atoms with van der Waals surface area (Å²) in [6.07, 6.45) is 9.49. The first-order valence-corrected chi connectivity index (χ1v) is 9.27. The molecule has 3 rings (SSSR count). The van der Waals surface area contributed by atoms with Crippen molar-refractivity contribution in [2.75, 3.05) is 5.32 Å². The van der Waals surface area contributed by atoms with E-state index in [1.54, 1.807) is 12.3 Å². The minimum Gasteiger partial charge on any atom is -0.381 e. The van der Waals surface area contributed by atoms with Crippen molar-refractivity contribution in [1.82, 2.24) is 10.3 Å².